The number of rotatable bonds is 2. The number of carbonyl (C=O) groups excluding carboxylic acids is 1. The lowest BCUT2D eigenvalue weighted by Crippen LogP contribution is -2.14. The molecule has 0 aliphatic rings. The van der Waals surface area contributed by atoms with E-state index in [0.29, 0.717) is 11.3 Å². The number of aryl methyl sites for hydroxylation is 1. The zero-order valence-electron chi connectivity index (χ0n) is 9.34. The van der Waals surface area contributed by atoms with Gasteiger partial charge < -0.3 is 5.73 Å². The molecule has 1 aromatic carbocycles. The number of aromatic nitrogens is 2. The summed E-state index contributed by atoms with van der Waals surface area (Å²) in [7, 11) is 0. The highest BCUT2D eigenvalue weighted by Gasteiger charge is 2.08. The van der Waals surface area contributed by atoms with Crippen LogP contribution >= 0.6 is 0 Å². The minimum atomic E-state index is -0.272. The van der Waals surface area contributed by atoms with Gasteiger partial charge in [0.05, 0.1) is 0 Å². The second-order valence-electron chi connectivity index (χ2n) is 3.66. The topological polar surface area (TPSA) is 80.9 Å². The lowest BCUT2D eigenvalue weighted by molar-refractivity contribution is 0.102. The first kappa shape index (κ1) is 11.1. The summed E-state index contributed by atoms with van der Waals surface area (Å²) >= 11 is 0. The molecule has 0 aliphatic heterocycles. The molecule has 0 radical (unpaired) electrons. The minimum absolute atomic E-state index is 0.272. The number of benzene rings is 1. The third kappa shape index (κ3) is 2.78. The Morgan fingerprint density at radius 2 is 1.94 bits per heavy atom. The number of amides is 1. The summed E-state index contributed by atoms with van der Waals surface area (Å²) in [6.07, 6.45) is 3.13. The molecule has 2 rings (SSSR count). The highest BCUT2D eigenvalue weighted by Crippen LogP contribution is 2.12. The Hall–Kier alpha value is -2.43. The van der Waals surface area contributed by atoms with Crippen LogP contribution in [0.4, 0.5) is 11.6 Å². The zero-order chi connectivity index (χ0) is 12.3. The third-order valence-corrected chi connectivity index (χ3v) is 2.15. The van der Waals surface area contributed by atoms with Gasteiger partial charge in [0.15, 0.2) is 0 Å². The lowest BCUT2D eigenvalue weighted by atomic mass is 10.1. The van der Waals surface area contributed by atoms with Crippen LogP contribution in [0.2, 0.25) is 0 Å². The number of nitrogens with zero attached hydrogens (tertiary/aromatic N) is 2. The molecule has 0 atom stereocenters. The summed E-state index contributed by atoms with van der Waals surface area (Å²) in [5.41, 5.74) is 7.67. The van der Waals surface area contributed by atoms with Crippen LogP contribution in [0.25, 0.3) is 0 Å². The molecule has 3 N–H and O–H groups in total. The Kier molecular flexibility index (Phi) is 3.00. The molecule has 2 aromatic rings. The van der Waals surface area contributed by atoms with Crippen molar-refractivity contribution in [1.82, 2.24) is 9.97 Å². The predicted octanol–water partition coefficient (Wildman–Crippen LogP) is 1.62. The molecule has 1 aromatic heterocycles. The van der Waals surface area contributed by atoms with E-state index in [4.69, 9.17) is 5.73 Å². The van der Waals surface area contributed by atoms with Crippen LogP contribution < -0.4 is 11.1 Å². The van der Waals surface area contributed by atoms with E-state index < -0.39 is 0 Å². The van der Waals surface area contributed by atoms with Crippen LogP contribution in [0.5, 0.6) is 0 Å². The molecule has 0 saturated heterocycles. The summed E-state index contributed by atoms with van der Waals surface area (Å²) in [6, 6.07) is 6.86. The maximum Gasteiger partial charge on any atom is 0.258 e. The van der Waals surface area contributed by atoms with Gasteiger partial charge in [-0.2, -0.15) is 0 Å². The van der Waals surface area contributed by atoms with Gasteiger partial charge in [0.2, 0.25) is 5.95 Å². The lowest BCUT2D eigenvalue weighted by Gasteiger charge is -2.05. The molecule has 5 nitrogen and oxygen atoms in total. The quantitative estimate of drug-likeness (QED) is 0.765. The normalized spacial score (nSPS) is 9.94. The van der Waals surface area contributed by atoms with Gasteiger partial charge in [-0.05, 0) is 36.8 Å². The van der Waals surface area contributed by atoms with E-state index in [-0.39, 0.29) is 11.9 Å². The molecule has 0 saturated carbocycles. The van der Waals surface area contributed by atoms with Crippen LogP contribution in [0.3, 0.4) is 0 Å². The van der Waals surface area contributed by atoms with Crippen LogP contribution in [-0.4, -0.2) is 15.9 Å². The molecule has 1 heterocycles. The number of carbonyl (C=O) groups is 1. The number of hydrogen-bond acceptors (Lipinski definition) is 4. The maximum atomic E-state index is 11.9. The van der Waals surface area contributed by atoms with Gasteiger partial charge >= 0.3 is 0 Å². The smallest absolute Gasteiger partial charge is 0.258 e. The fourth-order valence-electron chi connectivity index (χ4n) is 1.48. The summed E-state index contributed by atoms with van der Waals surface area (Å²) in [4.78, 5) is 19.7. The fourth-order valence-corrected chi connectivity index (χ4v) is 1.48. The molecule has 0 aliphatic carbocycles. The molecular formula is C12H12N4O. The Labute approximate surface area is 98.7 Å². The Balaban J connectivity index is 2.20. The highest BCUT2D eigenvalue weighted by molar-refractivity contribution is 6.03. The molecule has 0 fully saturated rings. The van der Waals surface area contributed by atoms with Crippen LogP contribution in [0.15, 0.2) is 36.7 Å². The van der Waals surface area contributed by atoms with Gasteiger partial charge in [-0.25, -0.2) is 9.97 Å². The van der Waals surface area contributed by atoms with Gasteiger partial charge in [0, 0.05) is 23.6 Å². The SMILES string of the molecule is Cc1cc(N)cc(C(=O)Nc2ncccn2)c1. The Morgan fingerprint density at radius 1 is 1.24 bits per heavy atom. The van der Waals surface area contributed by atoms with Crippen molar-refractivity contribution in [2.45, 2.75) is 6.92 Å². The number of hydrogen-bond donors (Lipinski definition) is 2. The molecule has 1 amide bonds. The Morgan fingerprint density at radius 3 is 2.59 bits per heavy atom. The minimum Gasteiger partial charge on any atom is -0.399 e. The van der Waals surface area contributed by atoms with Crippen LogP contribution in [0, 0.1) is 6.92 Å². The molecule has 0 spiro atoms. The average molecular weight is 228 g/mol. The third-order valence-electron chi connectivity index (χ3n) is 2.15. The highest BCUT2D eigenvalue weighted by atomic mass is 16.1. The monoisotopic (exact) mass is 228 g/mol. The predicted molar refractivity (Wildman–Crippen MR) is 65.6 cm³/mol. The molecule has 0 unspecified atom stereocenters. The first-order chi connectivity index (χ1) is 8.15. The van der Waals surface area contributed by atoms with E-state index in [0.717, 1.165) is 5.56 Å². The fraction of sp³-hybridized carbons (Fsp3) is 0.0833. The second kappa shape index (κ2) is 4.61. The van der Waals surface area contributed by atoms with Crippen molar-refractivity contribution >= 4 is 17.5 Å². The first-order valence-electron chi connectivity index (χ1n) is 5.11. The maximum absolute atomic E-state index is 11.9. The Bertz CT molecular complexity index is 519. The number of anilines is 2. The van der Waals surface area contributed by atoms with Gasteiger partial charge in [-0.15, -0.1) is 0 Å². The van der Waals surface area contributed by atoms with Gasteiger partial charge in [-0.1, -0.05) is 0 Å². The first-order valence-corrected chi connectivity index (χ1v) is 5.11. The van der Waals surface area contributed by atoms with Crippen molar-refractivity contribution in [3.8, 4) is 0 Å². The summed E-state index contributed by atoms with van der Waals surface area (Å²) < 4.78 is 0. The summed E-state index contributed by atoms with van der Waals surface area (Å²) in [5, 5.41) is 2.60. The van der Waals surface area contributed by atoms with Crippen molar-refractivity contribution < 1.29 is 4.79 Å². The molecular weight excluding hydrogens is 216 g/mol. The van der Waals surface area contributed by atoms with Crippen molar-refractivity contribution in [3.05, 3.63) is 47.8 Å². The summed E-state index contributed by atoms with van der Waals surface area (Å²) in [5.74, 6) is 0.00387. The largest absolute Gasteiger partial charge is 0.399 e. The number of nitrogens with one attached hydrogen (secondary N) is 1. The number of nitrogen functional groups attached to an aromatic ring is 1. The number of nitrogens with two attached hydrogens (primary N) is 1. The molecule has 5 heteroatoms. The standard InChI is InChI=1S/C12H12N4O/c1-8-5-9(7-10(13)6-8)11(17)16-12-14-3-2-4-15-12/h2-7H,13H2,1H3,(H,14,15,16,17). The van der Waals surface area contributed by atoms with Crippen LogP contribution in [0.1, 0.15) is 15.9 Å². The van der Waals surface area contributed by atoms with E-state index in [2.05, 4.69) is 15.3 Å². The van der Waals surface area contributed by atoms with E-state index in [1.54, 1.807) is 36.7 Å². The zero-order valence-corrected chi connectivity index (χ0v) is 9.34. The van der Waals surface area contributed by atoms with E-state index in [1.807, 2.05) is 6.92 Å². The van der Waals surface area contributed by atoms with E-state index in [9.17, 15) is 4.79 Å². The van der Waals surface area contributed by atoms with Crippen molar-refractivity contribution in [2.75, 3.05) is 11.1 Å². The van der Waals surface area contributed by atoms with Crippen molar-refractivity contribution in [1.29, 1.82) is 0 Å². The summed E-state index contributed by atoms with van der Waals surface area (Å²) in [6.45, 7) is 1.88. The molecule has 0 bridgehead atoms. The second-order valence-corrected chi connectivity index (χ2v) is 3.66. The van der Waals surface area contributed by atoms with Crippen LogP contribution in [-0.2, 0) is 0 Å². The van der Waals surface area contributed by atoms with E-state index >= 15 is 0 Å². The van der Waals surface area contributed by atoms with Crippen molar-refractivity contribution in [3.63, 3.8) is 0 Å². The van der Waals surface area contributed by atoms with E-state index in [1.165, 1.54) is 0 Å². The van der Waals surface area contributed by atoms with Gasteiger partial charge in [-0.3, -0.25) is 10.1 Å². The van der Waals surface area contributed by atoms with Gasteiger partial charge in [0.1, 0.15) is 0 Å². The molecule has 17 heavy (non-hydrogen) atoms. The molecule has 86 valence electrons. The van der Waals surface area contributed by atoms with Crippen molar-refractivity contribution in [2.24, 2.45) is 0 Å². The average Bonchev–Trinajstić information content (AvgIpc) is 2.29. The van der Waals surface area contributed by atoms with Gasteiger partial charge in [0.25, 0.3) is 5.91 Å².